The van der Waals surface area contributed by atoms with E-state index in [0.717, 1.165) is 16.7 Å². The van der Waals surface area contributed by atoms with Crippen LogP contribution in [0.25, 0.3) is 0 Å². The summed E-state index contributed by atoms with van der Waals surface area (Å²) in [5, 5.41) is 5.58. The summed E-state index contributed by atoms with van der Waals surface area (Å²) in [6.45, 7) is 8.72. The summed E-state index contributed by atoms with van der Waals surface area (Å²) in [7, 11) is 0. The molecule has 26 heavy (non-hydrogen) atoms. The van der Waals surface area contributed by atoms with Gasteiger partial charge >= 0.3 is 0 Å². The van der Waals surface area contributed by atoms with Gasteiger partial charge in [-0.1, -0.05) is 15.9 Å². The zero-order valence-electron chi connectivity index (χ0n) is 15.5. The number of nitrogens with one attached hydrogen (secondary N) is 2. The second-order valence-corrected chi connectivity index (χ2v) is 7.17. The molecule has 2 N–H and O–H groups in total. The molecular weight excluding hydrogens is 394 g/mol. The monoisotopic (exact) mass is 417 g/mol. The number of carbonyl (C=O) groups excluding carboxylic acids is 2. The maximum atomic E-state index is 12.6. The van der Waals surface area contributed by atoms with Crippen LogP contribution in [0.1, 0.15) is 38.1 Å². The van der Waals surface area contributed by atoms with E-state index in [-0.39, 0.29) is 11.8 Å². The van der Waals surface area contributed by atoms with Crippen LogP contribution in [0.15, 0.2) is 46.9 Å². The molecule has 0 unspecified atom stereocenters. The van der Waals surface area contributed by atoms with Crippen molar-refractivity contribution in [2.75, 3.05) is 22.1 Å². The quantitative estimate of drug-likeness (QED) is 0.702. The van der Waals surface area contributed by atoms with Crippen molar-refractivity contribution in [2.24, 2.45) is 0 Å². The fraction of sp³-hybridized carbons (Fsp3) is 0.300. The van der Waals surface area contributed by atoms with E-state index in [9.17, 15) is 9.59 Å². The van der Waals surface area contributed by atoms with Gasteiger partial charge < -0.3 is 15.5 Å². The Balaban J connectivity index is 2.20. The highest BCUT2D eigenvalue weighted by molar-refractivity contribution is 9.10. The van der Waals surface area contributed by atoms with Crippen LogP contribution in [0.3, 0.4) is 0 Å². The number of hydrogen-bond donors (Lipinski definition) is 2. The van der Waals surface area contributed by atoms with Crippen LogP contribution in [0.4, 0.5) is 17.1 Å². The summed E-state index contributed by atoms with van der Waals surface area (Å²) in [6, 6.07) is 13.2. The molecule has 0 saturated heterocycles. The maximum absolute atomic E-state index is 12.6. The summed E-state index contributed by atoms with van der Waals surface area (Å²) in [5.74, 6) is -0.422. The molecule has 0 heterocycles. The van der Waals surface area contributed by atoms with Gasteiger partial charge in [-0.3, -0.25) is 9.59 Å². The molecule has 0 spiro atoms. The van der Waals surface area contributed by atoms with Crippen LogP contribution in [0, 0.1) is 0 Å². The SMILES string of the molecule is CCN(c1ccc(C(=O)Nc2cc(Br)ccc2NC(C)=O)cc1)C(C)C. The smallest absolute Gasteiger partial charge is 0.255 e. The molecule has 0 saturated carbocycles. The fourth-order valence-electron chi connectivity index (χ4n) is 2.76. The first kappa shape index (κ1) is 20.0. The second-order valence-electron chi connectivity index (χ2n) is 6.25. The minimum Gasteiger partial charge on any atom is -0.369 e. The summed E-state index contributed by atoms with van der Waals surface area (Å²) in [6.07, 6.45) is 0. The topological polar surface area (TPSA) is 61.4 Å². The highest BCUT2D eigenvalue weighted by atomic mass is 79.9. The molecule has 0 aromatic heterocycles. The molecule has 2 aromatic carbocycles. The lowest BCUT2D eigenvalue weighted by Crippen LogP contribution is -2.30. The third-order valence-corrected chi connectivity index (χ3v) is 4.46. The fourth-order valence-corrected chi connectivity index (χ4v) is 3.12. The number of halogens is 1. The zero-order chi connectivity index (χ0) is 19.3. The van der Waals surface area contributed by atoms with Gasteiger partial charge in [-0.25, -0.2) is 0 Å². The van der Waals surface area contributed by atoms with Crippen LogP contribution in [-0.4, -0.2) is 24.4 Å². The molecule has 5 nitrogen and oxygen atoms in total. The van der Waals surface area contributed by atoms with Crippen LogP contribution >= 0.6 is 15.9 Å². The molecule has 2 amide bonds. The van der Waals surface area contributed by atoms with Crippen LogP contribution in [-0.2, 0) is 4.79 Å². The molecule has 6 heteroatoms. The standard InChI is InChI=1S/C20H24BrN3O2/c1-5-24(13(2)3)17-9-6-15(7-10-17)20(26)23-19-12-16(21)8-11-18(19)22-14(4)25/h6-13H,5H2,1-4H3,(H,22,25)(H,23,26). The number of carbonyl (C=O) groups is 2. The van der Waals surface area contributed by atoms with Gasteiger partial charge in [-0.15, -0.1) is 0 Å². The Kier molecular flexibility index (Phi) is 6.80. The molecule has 0 bridgehead atoms. The van der Waals surface area contributed by atoms with Gasteiger partial charge in [0, 0.05) is 35.2 Å². The van der Waals surface area contributed by atoms with Crippen molar-refractivity contribution in [2.45, 2.75) is 33.7 Å². The Hall–Kier alpha value is -2.34. The number of benzene rings is 2. The van der Waals surface area contributed by atoms with E-state index >= 15 is 0 Å². The Bertz CT molecular complexity index is 788. The van der Waals surface area contributed by atoms with Crippen molar-refractivity contribution in [1.29, 1.82) is 0 Å². The Labute approximate surface area is 162 Å². The van der Waals surface area contributed by atoms with E-state index in [2.05, 4.69) is 52.2 Å². The molecule has 2 aromatic rings. The third kappa shape index (κ3) is 5.08. The van der Waals surface area contributed by atoms with Gasteiger partial charge in [-0.05, 0) is 63.2 Å². The third-order valence-electron chi connectivity index (χ3n) is 3.97. The predicted octanol–water partition coefficient (Wildman–Crippen LogP) is 4.89. The predicted molar refractivity (Wildman–Crippen MR) is 111 cm³/mol. The number of hydrogen-bond acceptors (Lipinski definition) is 3. The highest BCUT2D eigenvalue weighted by Crippen LogP contribution is 2.27. The Morgan fingerprint density at radius 3 is 2.23 bits per heavy atom. The highest BCUT2D eigenvalue weighted by Gasteiger charge is 2.13. The van der Waals surface area contributed by atoms with Gasteiger partial charge in [0.2, 0.25) is 5.91 Å². The van der Waals surface area contributed by atoms with Gasteiger partial charge in [-0.2, -0.15) is 0 Å². The summed E-state index contributed by atoms with van der Waals surface area (Å²) in [5.41, 5.74) is 2.74. The molecule has 0 aliphatic carbocycles. The normalized spacial score (nSPS) is 10.5. The Morgan fingerprint density at radius 2 is 1.69 bits per heavy atom. The van der Waals surface area contributed by atoms with Gasteiger partial charge in [0.1, 0.15) is 0 Å². The van der Waals surface area contributed by atoms with Gasteiger partial charge in [0.25, 0.3) is 5.91 Å². The average Bonchev–Trinajstić information content (AvgIpc) is 2.58. The number of nitrogens with zero attached hydrogens (tertiary/aromatic N) is 1. The van der Waals surface area contributed by atoms with E-state index < -0.39 is 0 Å². The molecule has 0 atom stereocenters. The minimum absolute atomic E-state index is 0.194. The number of amides is 2. The van der Waals surface area contributed by atoms with Crippen LogP contribution < -0.4 is 15.5 Å². The molecule has 0 aliphatic heterocycles. The first-order valence-corrected chi connectivity index (χ1v) is 9.36. The van der Waals surface area contributed by atoms with Gasteiger partial charge in [0.05, 0.1) is 11.4 Å². The second kappa shape index (κ2) is 8.85. The number of rotatable bonds is 6. The van der Waals surface area contributed by atoms with Crippen molar-refractivity contribution >= 4 is 44.8 Å². The largest absolute Gasteiger partial charge is 0.369 e. The molecule has 0 aliphatic rings. The number of anilines is 3. The lowest BCUT2D eigenvalue weighted by atomic mass is 10.1. The lowest BCUT2D eigenvalue weighted by Gasteiger charge is -2.27. The van der Waals surface area contributed by atoms with Crippen molar-refractivity contribution < 1.29 is 9.59 Å². The van der Waals surface area contributed by atoms with E-state index in [1.165, 1.54) is 6.92 Å². The molecule has 0 radical (unpaired) electrons. The molecule has 138 valence electrons. The summed E-state index contributed by atoms with van der Waals surface area (Å²) >= 11 is 3.39. The van der Waals surface area contributed by atoms with Crippen molar-refractivity contribution in [1.82, 2.24) is 0 Å². The summed E-state index contributed by atoms with van der Waals surface area (Å²) < 4.78 is 0.813. The van der Waals surface area contributed by atoms with E-state index in [1.807, 2.05) is 24.3 Å². The average molecular weight is 418 g/mol. The van der Waals surface area contributed by atoms with Crippen molar-refractivity contribution in [3.63, 3.8) is 0 Å². The van der Waals surface area contributed by atoms with E-state index in [4.69, 9.17) is 0 Å². The van der Waals surface area contributed by atoms with Crippen molar-refractivity contribution in [3.8, 4) is 0 Å². The van der Waals surface area contributed by atoms with E-state index in [0.29, 0.717) is 23.0 Å². The maximum Gasteiger partial charge on any atom is 0.255 e. The lowest BCUT2D eigenvalue weighted by molar-refractivity contribution is -0.114. The zero-order valence-corrected chi connectivity index (χ0v) is 17.1. The van der Waals surface area contributed by atoms with Crippen LogP contribution in [0.2, 0.25) is 0 Å². The molecule has 0 fully saturated rings. The molecular formula is C20H24BrN3O2. The van der Waals surface area contributed by atoms with Crippen molar-refractivity contribution in [3.05, 3.63) is 52.5 Å². The van der Waals surface area contributed by atoms with Gasteiger partial charge in [0.15, 0.2) is 0 Å². The van der Waals surface area contributed by atoms with E-state index in [1.54, 1.807) is 18.2 Å². The molecule has 2 rings (SSSR count). The first-order valence-electron chi connectivity index (χ1n) is 8.57. The Morgan fingerprint density at radius 1 is 1.04 bits per heavy atom. The first-order chi connectivity index (χ1) is 12.3. The van der Waals surface area contributed by atoms with Crippen LogP contribution in [0.5, 0.6) is 0 Å². The summed E-state index contributed by atoms with van der Waals surface area (Å²) in [4.78, 5) is 26.2. The minimum atomic E-state index is -0.228.